The van der Waals surface area contributed by atoms with E-state index in [2.05, 4.69) is 22.4 Å². The quantitative estimate of drug-likeness (QED) is 0.804. The Kier molecular flexibility index (Phi) is 6.45. The van der Waals surface area contributed by atoms with Gasteiger partial charge >= 0.3 is 5.97 Å². The van der Waals surface area contributed by atoms with Crippen LogP contribution >= 0.6 is 11.6 Å². The van der Waals surface area contributed by atoms with E-state index in [0.29, 0.717) is 5.56 Å². The van der Waals surface area contributed by atoms with E-state index in [0.717, 1.165) is 48.7 Å². The molecule has 3 rings (SSSR count). The van der Waals surface area contributed by atoms with E-state index >= 15 is 0 Å². The highest BCUT2D eigenvalue weighted by Crippen LogP contribution is 2.26. The normalized spacial score (nSPS) is 16.7. The molecular formula is C21H23ClN2O2. The number of piperazine rings is 1. The highest BCUT2D eigenvalue weighted by atomic mass is 35.5. The molecule has 4 nitrogen and oxygen atoms in total. The van der Waals surface area contributed by atoms with Crippen molar-refractivity contribution in [2.75, 3.05) is 26.2 Å². The van der Waals surface area contributed by atoms with Gasteiger partial charge in [0, 0.05) is 37.2 Å². The summed E-state index contributed by atoms with van der Waals surface area (Å²) < 4.78 is 0. The van der Waals surface area contributed by atoms with Gasteiger partial charge in [-0.2, -0.15) is 0 Å². The molecule has 2 N–H and O–H groups in total. The van der Waals surface area contributed by atoms with Crippen molar-refractivity contribution in [1.82, 2.24) is 10.2 Å². The molecule has 1 aliphatic heterocycles. The molecule has 136 valence electrons. The van der Waals surface area contributed by atoms with Crippen molar-refractivity contribution in [1.29, 1.82) is 0 Å². The second-order valence-electron chi connectivity index (χ2n) is 6.42. The van der Waals surface area contributed by atoms with Gasteiger partial charge in [-0.25, -0.2) is 4.79 Å². The molecular weight excluding hydrogens is 348 g/mol. The Bertz CT molecular complexity index is 751. The van der Waals surface area contributed by atoms with E-state index in [4.69, 9.17) is 16.7 Å². The van der Waals surface area contributed by atoms with Crippen LogP contribution in [0.2, 0.25) is 5.02 Å². The summed E-state index contributed by atoms with van der Waals surface area (Å²) in [7, 11) is 0. The highest BCUT2D eigenvalue weighted by Gasteiger charge is 2.21. The average molecular weight is 371 g/mol. The first-order chi connectivity index (χ1) is 12.6. The zero-order valence-electron chi connectivity index (χ0n) is 14.6. The van der Waals surface area contributed by atoms with Crippen LogP contribution in [0.4, 0.5) is 0 Å². The number of halogens is 1. The Labute approximate surface area is 159 Å². The van der Waals surface area contributed by atoms with Crippen molar-refractivity contribution < 1.29 is 9.90 Å². The smallest absolute Gasteiger partial charge is 0.335 e. The molecule has 5 heteroatoms. The first kappa shape index (κ1) is 18.6. The minimum Gasteiger partial charge on any atom is -0.478 e. The minimum atomic E-state index is -0.891. The van der Waals surface area contributed by atoms with E-state index in [1.807, 2.05) is 36.4 Å². The Morgan fingerprint density at radius 3 is 2.38 bits per heavy atom. The van der Waals surface area contributed by atoms with Crippen LogP contribution < -0.4 is 5.32 Å². The molecule has 0 aromatic heterocycles. The molecule has 0 aliphatic carbocycles. The van der Waals surface area contributed by atoms with E-state index < -0.39 is 5.97 Å². The van der Waals surface area contributed by atoms with E-state index in [1.165, 1.54) is 0 Å². The lowest BCUT2D eigenvalue weighted by molar-refractivity contribution is 0.0697. The lowest BCUT2D eigenvalue weighted by Crippen LogP contribution is -2.45. The van der Waals surface area contributed by atoms with E-state index in [1.54, 1.807) is 12.1 Å². The first-order valence-electron chi connectivity index (χ1n) is 8.83. The first-order valence-corrected chi connectivity index (χ1v) is 9.21. The van der Waals surface area contributed by atoms with Crippen LogP contribution in [-0.2, 0) is 0 Å². The SMILES string of the molecule is O=C(O)c1ccc(C(CC=Cc2ccc(Cl)cc2)N2CCNCC2)cc1. The fourth-order valence-corrected chi connectivity index (χ4v) is 3.37. The summed E-state index contributed by atoms with van der Waals surface area (Å²) in [4.78, 5) is 13.6. The summed E-state index contributed by atoms with van der Waals surface area (Å²) in [6.07, 6.45) is 5.16. The average Bonchev–Trinajstić information content (AvgIpc) is 2.67. The van der Waals surface area contributed by atoms with Gasteiger partial charge in [-0.05, 0) is 41.8 Å². The van der Waals surface area contributed by atoms with Gasteiger partial charge < -0.3 is 10.4 Å². The van der Waals surface area contributed by atoms with Crippen LogP contribution in [0.5, 0.6) is 0 Å². The number of hydrogen-bond acceptors (Lipinski definition) is 3. The lowest BCUT2D eigenvalue weighted by Gasteiger charge is -2.35. The number of aromatic carboxylic acids is 1. The predicted octanol–water partition coefficient (Wildman–Crippen LogP) is 4.09. The Morgan fingerprint density at radius 2 is 1.77 bits per heavy atom. The van der Waals surface area contributed by atoms with Crippen LogP contribution in [0.3, 0.4) is 0 Å². The number of benzene rings is 2. The van der Waals surface area contributed by atoms with E-state index in [9.17, 15) is 4.79 Å². The summed E-state index contributed by atoms with van der Waals surface area (Å²) in [6.45, 7) is 3.93. The fraction of sp³-hybridized carbons (Fsp3) is 0.286. The Hall–Kier alpha value is -2.14. The molecule has 0 radical (unpaired) electrons. The van der Waals surface area contributed by atoms with E-state index in [-0.39, 0.29) is 6.04 Å². The topological polar surface area (TPSA) is 52.6 Å². The van der Waals surface area contributed by atoms with Crippen LogP contribution in [0.1, 0.15) is 33.9 Å². The zero-order chi connectivity index (χ0) is 18.4. The number of carboxylic acids is 1. The maximum atomic E-state index is 11.1. The molecule has 0 saturated carbocycles. The third-order valence-corrected chi connectivity index (χ3v) is 4.93. The summed E-state index contributed by atoms with van der Waals surface area (Å²) in [5, 5.41) is 13.2. The van der Waals surface area contributed by atoms with Crippen LogP contribution in [0, 0.1) is 0 Å². The Morgan fingerprint density at radius 1 is 1.12 bits per heavy atom. The third kappa shape index (κ3) is 4.94. The molecule has 0 bridgehead atoms. The molecule has 1 aliphatic rings. The monoisotopic (exact) mass is 370 g/mol. The number of hydrogen-bond donors (Lipinski definition) is 2. The van der Waals surface area contributed by atoms with Gasteiger partial charge in [-0.1, -0.05) is 48.0 Å². The van der Waals surface area contributed by atoms with Crippen molar-refractivity contribution in [3.8, 4) is 0 Å². The van der Waals surface area contributed by atoms with Gasteiger partial charge in [-0.3, -0.25) is 4.90 Å². The van der Waals surface area contributed by atoms with Crippen molar-refractivity contribution in [2.45, 2.75) is 12.5 Å². The number of nitrogens with zero attached hydrogens (tertiary/aromatic N) is 1. The highest BCUT2D eigenvalue weighted by molar-refractivity contribution is 6.30. The summed E-state index contributed by atoms with van der Waals surface area (Å²) in [5.74, 6) is -0.891. The number of nitrogens with one attached hydrogen (secondary N) is 1. The van der Waals surface area contributed by atoms with Crippen LogP contribution in [0.25, 0.3) is 6.08 Å². The maximum Gasteiger partial charge on any atom is 0.335 e. The molecule has 2 aromatic rings. The van der Waals surface area contributed by atoms with Gasteiger partial charge in [0.05, 0.1) is 5.56 Å². The second-order valence-corrected chi connectivity index (χ2v) is 6.85. The molecule has 2 aromatic carbocycles. The minimum absolute atomic E-state index is 0.239. The molecule has 1 saturated heterocycles. The Balaban J connectivity index is 1.76. The standard InChI is InChI=1S/C21H23ClN2O2/c22-19-10-4-16(5-11-19)2-1-3-20(24-14-12-23-13-15-24)17-6-8-18(9-7-17)21(25)26/h1-2,4-11,20,23H,3,12-15H2,(H,25,26). The van der Waals surface area contributed by atoms with Gasteiger partial charge in [-0.15, -0.1) is 0 Å². The summed E-state index contributed by atoms with van der Waals surface area (Å²) in [5.41, 5.74) is 2.59. The van der Waals surface area contributed by atoms with Crippen molar-refractivity contribution in [3.05, 3.63) is 76.3 Å². The molecule has 1 fully saturated rings. The van der Waals surface area contributed by atoms with Gasteiger partial charge in [0.25, 0.3) is 0 Å². The molecule has 1 unspecified atom stereocenters. The lowest BCUT2D eigenvalue weighted by atomic mass is 9.99. The van der Waals surface area contributed by atoms with Crippen molar-refractivity contribution in [2.24, 2.45) is 0 Å². The van der Waals surface area contributed by atoms with Gasteiger partial charge in [0.2, 0.25) is 0 Å². The molecule has 0 amide bonds. The molecule has 1 heterocycles. The third-order valence-electron chi connectivity index (χ3n) is 4.67. The second kappa shape index (κ2) is 8.99. The number of rotatable bonds is 6. The number of carbonyl (C=O) groups is 1. The van der Waals surface area contributed by atoms with Crippen molar-refractivity contribution >= 4 is 23.6 Å². The molecule has 26 heavy (non-hydrogen) atoms. The maximum absolute atomic E-state index is 11.1. The zero-order valence-corrected chi connectivity index (χ0v) is 15.3. The molecule has 1 atom stereocenters. The largest absolute Gasteiger partial charge is 0.478 e. The van der Waals surface area contributed by atoms with Crippen molar-refractivity contribution in [3.63, 3.8) is 0 Å². The fourth-order valence-electron chi connectivity index (χ4n) is 3.24. The summed E-state index contributed by atoms with van der Waals surface area (Å²) >= 11 is 5.93. The summed E-state index contributed by atoms with van der Waals surface area (Å²) in [6, 6.07) is 15.3. The van der Waals surface area contributed by atoms with Gasteiger partial charge in [0.15, 0.2) is 0 Å². The van der Waals surface area contributed by atoms with Crippen LogP contribution in [-0.4, -0.2) is 42.2 Å². The van der Waals surface area contributed by atoms with Crippen LogP contribution in [0.15, 0.2) is 54.6 Å². The predicted molar refractivity (Wildman–Crippen MR) is 106 cm³/mol. The van der Waals surface area contributed by atoms with Gasteiger partial charge in [0.1, 0.15) is 0 Å². The number of carboxylic acid groups (broad SMARTS) is 1. The molecule has 0 spiro atoms.